The maximum atomic E-state index is 12.4. The highest BCUT2D eigenvalue weighted by molar-refractivity contribution is 7.91. The molecule has 6 heteroatoms. The molecule has 0 heterocycles. The van der Waals surface area contributed by atoms with Crippen LogP contribution >= 0.6 is 0 Å². The standard InChI is InChI=1S/C15H22N2O3S/c1-2-21(19,20)14-9-4-3-8-13(14)17-15(18)12-7-5-6-11(12)10-16/h3-4,8-9,11-12H,2,5-7,10,16H2,1H3,(H,17,18). The number of amides is 1. The smallest absolute Gasteiger partial charge is 0.227 e. The zero-order valence-electron chi connectivity index (χ0n) is 12.2. The Kier molecular flexibility index (Phi) is 5.00. The van der Waals surface area contributed by atoms with Gasteiger partial charge in [0, 0.05) is 5.92 Å². The molecule has 1 aromatic carbocycles. The van der Waals surface area contributed by atoms with Crippen LogP contribution in [-0.2, 0) is 14.6 Å². The van der Waals surface area contributed by atoms with Crippen LogP contribution in [0.3, 0.4) is 0 Å². The maximum absolute atomic E-state index is 12.4. The van der Waals surface area contributed by atoms with Crippen molar-refractivity contribution >= 4 is 21.4 Å². The summed E-state index contributed by atoms with van der Waals surface area (Å²) in [4.78, 5) is 12.6. The minimum Gasteiger partial charge on any atom is -0.330 e. The van der Waals surface area contributed by atoms with E-state index in [-0.39, 0.29) is 28.4 Å². The van der Waals surface area contributed by atoms with Crippen LogP contribution in [0.25, 0.3) is 0 Å². The van der Waals surface area contributed by atoms with Gasteiger partial charge in [0.25, 0.3) is 0 Å². The van der Waals surface area contributed by atoms with Gasteiger partial charge in [0.1, 0.15) is 0 Å². The number of nitrogens with two attached hydrogens (primary N) is 1. The van der Waals surface area contributed by atoms with E-state index in [0.29, 0.717) is 12.2 Å². The van der Waals surface area contributed by atoms with Gasteiger partial charge in [-0.3, -0.25) is 4.79 Å². The van der Waals surface area contributed by atoms with Gasteiger partial charge in [0.15, 0.2) is 9.84 Å². The number of carbonyl (C=O) groups is 1. The third-order valence-corrected chi connectivity index (χ3v) is 5.94. The van der Waals surface area contributed by atoms with E-state index in [0.717, 1.165) is 19.3 Å². The number of para-hydroxylation sites is 1. The Morgan fingerprint density at radius 2 is 2.05 bits per heavy atom. The van der Waals surface area contributed by atoms with Crippen LogP contribution in [0, 0.1) is 11.8 Å². The molecule has 2 atom stereocenters. The van der Waals surface area contributed by atoms with Gasteiger partial charge in [-0.25, -0.2) is 8.42 Å². The Labute approximate surface area is 125 Å². The normalized spacial score (nSPS) is 22.2. The molecule has 1 aromatic rings. The molecule has 5 nitrogen and oxygen atoms in total. The topological polar surface area (TPSA) is 89.3 Å². The average molecular weight is 310 g/mol. The van der Waals surface area contributed by atoms with Crippen LogP contribution < -0.4 is 11.1 Å². The third kappa shape index (κ3) is 3.44. The van der Waals surface area contributed by atoms with Crippen molar-refractivity contribution in [2.45, 2.75) is 31.1 Å². The van der Waals surface area contributed by atoms with E-state index in [1.165, 1.54) is 6.07 Å². The Balaban J connectivity index is 2.22. The predicted molar refractivity (Wildman–Crippen MR) is 82.7 cm³/mol. The Morgan fingerprint density at radius 1 is 1.33 bits per heavy atom. The maximum Gasteiger partial charge on any atom is 0.227 e. The minimum absolute atomic E-state index is 0.00867. The number of hydrogen-bond acceptors (Lipinski definition) is 4. The lowest BCUT2D eigenvalue weighted by Gasteiger charge is -2.18. The summed E-state index contributed by atoms with van der Waals surface area (Å²) in [6.45, 7) is 2.09. The summed E-state index contributed by atoms with van der Waals surface area (Å²) in [5, 5.41) is 2.78. The molecule has 0 aromatic heterocycles. The molecule has 2 unspecified atom stereocenters. The lowest BCUT2D eigenvalue weighted by molar-refractivity contribution is -0.120. The number of benzene rings is 1. The fraction of sp³-hybridized carbons (Fsp3) is 0.533. The van der Waals surface area contributed by atoms with E-state index in [1.807, 2.05) is 0 Å². The van der Waals surface area contributed by atoms with E-state index in [1.54, 1.807) is 25.1 Å². The second-order valence-electron chi connectivity index (χ2n) is 5.42. The molecule has 21 heavy (non-hydrogen) atoms. The summed E-state index contributed by atoms with van der Waals surface area (Å²) < 4.78 is 24.1. The summed E-state index contributed by atoms with van der Waals surface area (Å²) in [6.07, 6.45) is 2.77. The average Bonchev–Trinajstić information content (AvgIpc) is 2.96. The van der Waals surface area contributed by atoms with Gasteiger partial charge in [0.2, 0.25) is 5.91 Å². The van der Waals surface area contributed by atoms with Crippen LogP contribution in [0.1, 0.15) is 26.2 Å². The monoisotopic (exact) mass is 310 g/mol. The van der Waals surface area contributed by atoms with Crippen LogP contribution in [0.4, 0.5) is 5.69 Å². The Hall–Kier alpha value is -1.40. The molecule has 1 amide bonds. The highest BCUT2D eigenvalue weighted by Crippen LogP contribution is 2.32. The molecule has 0 bridgehead atoms. The number of anilines is 1. The lowest BCUT2D eigenvalue weighted by atomic mass is 9.95. The second-order valence-corrected chi connectivity index (χ2v) is 7.67. The first-order chi connectivity index (χ1) is 9.99. The van der Waals surface area contributed by atoms with Crippen LogP contribution in [0.15, 0.2) is 29.2 Å². The van der Waals surface area contributed by atoms with Gasteiger partial charge >= 0.3 is 0 Å². The molecule has 0 spiro atoms. The van der Waals surface area contributed by atoms with Gasteiger partial charge in [-0.1, -0.05) is 25.5 Å². The third-order valence-electron chi connectivity index (χ3n) is 4.16. The van der Waals surface area contributed by atoms with Crippen molar-refractivity contribution in [3.8, 4) is 0 Å². The molecule has 1 saturated carbocycles. The fourth-order valence-corrected chi connectivity index (χ4v) is 3.94. The lowest BCUT2D eigenvalue weighted by Crippen LogP contribution is -2.30. The number of hydrogen-bond donors (Lipinski definition) is 2. The zero-order valence-corrected chi connectivity index (χ0v) is 13.0. The molecule has 1 aliphatic carbocycles. The van der Waals surface area contributed by atoms with E-state index in [9.17, 15) is 13.2 Å². The van der Waals surface area contributed by atoms with Gasteiger partial charge in [-0.2, -0.15) is 0 Å². The molecule has 0 saturated heterocycles. The van der Waals surface area contributed by atoms with Gasteiger partial charge in [-0.05, 0) is 37.4 Å². The summed E-state index contributed by atoms with van der Waals surface area (Å²) >= 11 is 0. The summed E-state index contributed by atoms with van der Waals surface area (Å²) in [5.41, 5.74) is 6.07. The minimum atomic E-state index is -3.36. The van der Waals surface area contributed by atoms with Crippen molar-refractivity contribution in [3.63, 3.8) is 0 Å². The van der Waals surface area contributed by atoms with Crippen molar-refractivity contribution in [1.82, 2.24) is 0 Å². The molecule has 116 valence electrons. The van der Waals surface area contributed by atoms with Gasteiger partial charge in [-0.15, -0.1) is 0 Å². The van der Waals surface area contributed by atoms with Crippen molar-refractivity contribution in [1.29, 1.82) is 0 Å². The molecule has 2 rings (SSSR count). The SMILES string of the molecule is CCS(=O)(=O)c1ccccc1NC(=O)C1CCCC1CN. The summed E-state index contributed by atoms with van der Waals surface area (Å²) in [6, 6.07) is 6.55. The van der Waals surface area contributed by atoms with Crippen LogP contribution in [0.2, 0.25) is 0 Å². The highest BCUT2D eigenvalue weighted by atomic mass is 32.2. The first-order valence-electron chi connectivity index (χ1n) is 7.32. The van der Waals surface area contributed by atoms with E-state index >= 15 is 0 Å². The molecule has 3 N–H and O–H groups in total. The first kappa shape index (κ1) is 16.0. The van der Waals surface area contributed by atoms with E-state index < -0.39 is 9.84 Å². The Morgan fingerprint density at radius 3 is 2.71 bits per heavy atom. The molecular weight excluding hydrogens is 288 g/mol. The summed E-state index contributed by atoms with van der Waals surface area (Å²) in [5.74, 6) is -0.0385. The van der Waals surface area contributed by atoms with E-state index in [4.69, 9.17) is 5.73 Å². The van der Waals surface area contributed by atoms with Crippen molar-refractivity contribution in [2.75, 3.05) is 17.6 Å². The highest BCUT2D eigenvalue weighted by Gasteiger charge is 2.32. The fourth-order valence-electron chi connectivity index (χ4n) is 2.89. The summed E-state index contributed by atoms with van der Waals surface area (Å²) in [7, 11) is -3.36. The number of carbonyl (C=O) groups excluding carboxylic acids is 1. The van der Waals surface area contributed by atoms with Crippen LogP contribution in [0.5, 0.6) is 0 Å². The molecular formula is C15H22N2O3S. The quantitative estimate of drug-likeness (QED) is 0.867. The van der Waals surface area contributed by atoms with E-state index in [2.05, 4.69) is 5.32 Å². The zero-order chi connectivity index (χ0) is 15.5. The Bertz CT molecular complexity index is 613. The van der Waals surface area contributed by atoms with Crippen molar-refractivity contribution < 1.29 is 13.2 Å². The van der Waals surface area contributed by atoms with Crippen molar-refractivity contribution in [3.05, 3.63) is 24.3 Å². The number of rotatable bonds is 5. The second kappa shape index (κ2) is 6.58. The first-order valence-corrected chi connectivity index (χ1v) is 8.97. The van der Waals surface area contributed by atoms with Crippen molar-refractivity contribution in [2.24, 2.45) is 17.6 Å². The molecule has 0 radical (unpaired) electrons. The largest absolute Gasteiger partial charge is 0.330 e. The van der Waals surface area contributed by atoms with Gasteiger partial charge < -0.3 is 11.1 Å². The van der Waals surface area contributed by atoms with Gasteiger partial charge in [0.05, 0.1) is 16.3 Å². The molecule has 0 aliphatic heterocycles. The molecule has 1 aliphatic rings. The van der Waals surface area contributed by atoms with Crippen LogP contribution in [-0.4, -0.2) is 26.6 Å². The number of nitrogens with one attached hydrogen (secondary N) is 1. The molecule has 1 fully saturated rings. The predicted octanol–water partition coefficient (Wildman–Crippen LogP) is 1.79. The number of sulfone groups is 1.